The summed E-state index contributed by atoms with van der Waals surface area (Å²) in [5.41, 5.74) is 1.68. The molecule has 0 aromatic heterocycles. The van der Waals surface area contributed by atoms with Crippen LogP contribution in [0.1, 0.15) is 22.8 Å². The van der Waals surface area contributed by atoms with Crippen molar-refractivity contribution in [2.75, 3.05) is 26.1 Å². The van der Waals surface area contributed by atoms with Crippen LogP contribution in [-0.2, 0) is 9.53 Å². The molecule has 0 heterocycles. The van der Waals surface area contributed by atoms with E-state index in [0.29, 0.717) is 29.4 Å². The normalized spacial score (nSPS) is 10.4. The Bertz CT molecular complexity index is 814. The van der Waals surface area contributed by atoms with Gasteiger partial charge < -0.3 is 19.5 Å². The first-order valence-electron chi connectivity index (χ1n) is 8.05. The highest BCUT2D eigenvalue weighted by Gasteiger charge is 2.08. The topological polar surface area (TPSA) is 73.9 Å². The van der Waals surface area contributed by atoms with Gasteiger partial charge in [-0.15, -0.1) is 0 Å². The standard InChI is InChI=1S/C20H21NO5/c1-4-26-20(23)15-6-5-7-16(13-15)21-19(22)11-9-14-8-10-17(24-2)18(12-14)25-3/h5-13H,4H2,1-3H3,(H,21,22)/b11-9+. The van der Waals surface area contributed by atoms with Crippen LogP contribution >= 0.6 is 0 Å². The summed E-state index contributed by atoms with van der Waals surface area (Å²) in [5.74, 6) is 0.451. The van der Waals surface area contributed by atoms with Gasteiger partial charge in [0.25, 0.3) is 0 Å². The van der Waals surface area contributed by atoms with E-state index in [1.54, 1.807) is 63.6 Å². The summed E-state index contributed by atoms with van der Waals surface area (Å²) >= 11 is 0. The maximum Gasteiger partial charge on any atom is 0.338 e. The summed E-state index contributed by atoms with van der Waals surface area (Å²) in [6.45, 7) is 2.03. The van der Waals surface area contributed by atoms with Gasteiger partial charge in [-0.25, -0.2) is 4.79 Å². The number of rotatable bonds is 7. The summed E-state index contributed by atoms with van der Waals surface area (Å²) in [5, 5.41) is 2.71. The number of methoxy groups -OCH3 is 2. The van der Waals surface area contributed by atoms with Gasteiger partial charge in [0.15, 0.2) is 11.5 Å². The summed E-state index contributed by atoms with van der Waals surface area (Å²) in [7, 11) is 3.11. The quantitative estimate of drug-likeness (QED) is 0.607. The van der Waals surface area contributed by atoms with Crippen LogP contribution in [-0.4, -0.2) is 32.7 Å². The van der Waals surface area contributed by atoms with Crippen molar-refractivity contribution in [1.29, 1.82) is 0 Å². The Kier molecular flexibility index (Phi) is 6.79. The van der Waals surface area contributed by atoms with E-state index in [1.165, 1.54) is 6.08 Å². The number of ether oxygens (including phenoxy) is 3. The van der Waals surface area contributed by atoms with Crippen molar-refractivity contribution in [3.63, 3.8) is 0 Å². The molecule has 0 atom stereocenters. The summed E-state index contributed by atoms with van der Waals surface area (Å²) in [6, 6.07) is 11.9. The average molecular weight is 355 g/mol. The molecule has 2 aromatic rings. The fourth-order valence-electron chi connectivity index (χ4n) is 2.25. The van der Waals surface area contributed by atoms with Crippen LogP contribution in [0.25, 0.3) is 6.08 Å². The highest BCUT2D eigenvalue weighted by molar-refractivity contribution is 6.02. The lowest BCUT2D eigenvalue weighted by atomic mass is 10.2. The van der Waals surface area contributed by atoms with E-state index in [9.17, 15) is 9.59 Å². The van der Waals surface area contributed by atoms with Gasteiger partial charge in [-0.05, 0) is 48.9 Å². The fraction of sp³-hybridized carbons (Fsp3) is 0.200. The minimum absolute atomic E-state index is 0.295. The van der Waals surface area contributed by atoms with Gasteiger partial charge in [0.1, 0.15) is 0 Å². The molecular formula is C20H21NO5. The molecule has 0 aliphatic carbocycles. The summed E-state index contributed by atoms with van der Waals surface area (Å²) in [6.07, 6.45) is 3.06. The molecular weight excluding hydrogens is 334 g/mol. The first-order chi connectivity index (χ1) is 12.6. The zero-order valence-electron chi connectivity index (χ0n) is 14.9. The SMILES string of the molecule is CCOC(=O)c1cccc(NC(=O)/C=C/c2ccc(OC)c(OC)c2)c1. The third-order valence-corrected chi connectivity index (χ3v) is 3.48. The van der Waals surface area contributed by atoms with Crippen molar-refractivity contribution in [3.8, 4) is 11.5 Å². The van der Waals surface area contributed by atoms with Crippen molar-refractivity contribution >= 4 is 23.6 Å². The lowest BCUT2D eigenvalue weighted by molar-refractivity contribution is -0.111. The van der Waals surface area contributed by atoms with E-state index in [1.807, 2.05) is 6.07 Å². The van der Waals surface area contributed by atoms with Crippen LogP contribution in [0.5, 0.6) is 11.5 Å². The third kappa shape index (κ3) is 5.11. The molecule has 0 unspecified atom stereocenters. The molecule has 6 nitrogen and oxygen atoms in total. The van der Waals surface area contributed by atoms with E-state index >= 15 is 0 Å². The van der Waals surface area contributed by atoms with E-state index in [4.69, 9.17) is 14.2 Å². The highest BCUT2D eigenvalue weighted by atomic mass is 16.5. The molecule has 2 aromatic carbocycles. The monoisotopic (exact) mass is 355 g/mol. The molecule has 0 aliphatic rings. The lowest BCUT2D eigenvalue weighted by Gasteiger charge is -2.08. The van der Waals surface area contributed by atoms with E-state index in [2.05, 4.69) is 5.32 Å². The maximum absolute atomic E-state index is 12.1. The molecule has 0 radical (unpaired) electrons. The predicted molar refractivity (Wildman–Crippen MR) is 99.6 cm³/mol. The van der Waals surface area contributed by atoms with Crippen molar-refractivity contribution in [3.05, 3.63) is 59.7 Å². The molecule has 0 saturated heterocycles. The second-order valence-corrected chi connectivity index (χ2v) is 5.24. The Morgan fingerprint density at radius 2 is 1.81 bits per heavy atom. The number of anilines is 1. The second-order valence-electron chi connectivity index (χ2n) is 5.24. The Morgan fingerprint density at radius 1 is 1.04 bits per heavy atom. The molecule has 0 aliphatic heterocycles. The Balaban J connectivity index is 2.05. The number of amides is 1. The summed E-state index contributed by atoms with van der Waals surface area (Å²) in [4.78, 5) is 23.8. The first kappa shape index (κ1) is 19.1. The van der Waals surface area contributed by atoms with Crippen LogP contribution < -0.4 is 14.8 Å². The van der Waals surface area contributed by atoms with Crippen LogP contribution in [0.3, 0.4) is 0 Å². The maximum atomic E-state index is 12.1. The van der Waals surface area contributed by atoms with E-state index in [0.717, 1.165) is 5.56 Å². The number of esters is 1. The minimum Gasteiger partial charge on any atom is -0.493 e. The second kappa shape index (κ2) is 9.27. The van der Waals surface area contributed by atoms with Gasteiger partial charge >= 0.3 is 5.97 Å². The van der Waals surface area contributed by atoms with Crippen LogP contribution in [0, 0.1) is 0 Å². The van der Waals surface area contributed by atoms with Gasteiger partial charge in [-0.2, -0.15) is 0 Å². The third-order valence-electron chi connectivity index (χ3n) is 3.48. The predicted octanol–water partition coefficient (Wildman–Crippen LogP) is 3.53. The number of hydrogen-bond acceptors (Lipinski definition) is 5. The van der Waals surface area contributed by atoms with E-state index in [-0.39, 0.29) is 5.91 Å². The Labute approximate surface area is 152 Å². The molecule has 1 amide bonds. The van der Waals surface area contributed by atoms with Gasteiger partial charge in [0, 0.05) is 11.8 Å². The Hall–Kier alpha value is -3.28. The van der Waals surface area contributed by atoms with Crippen LogP contribution in [0.15, 0.2) is 48.5 Å². The minimum atomic E-state index is -0.426. The van der Waals surface area contributed by atoms with Gasteiger partial charge in [-0.3, -0.25) is 4.79 Å². The number of carbonyl (C=O) groups excluding carboxylic acids is 2. The average Bonchev–Trinajstić information content (AvgIpc) is 2.66. The van der Waals surface area contributed by atoms with Crippen molar-refractivity contribution in [1.82, 2.24) is 0 Å². The molecule has 1 N–H and O–H groups in total. The molecule has 6 heteroatoms. The van der Waals surface area contributed by atoms with E-state index < -0.39 is 5.97 Å². The van der Waals surface area contributed by atoms with Crippen molar-refractivity contribution in [2.45, 2.75) is 6.92 Å². The van der Waals surface area contributed by atoms with Gasteiger partial charge in [0.2, 0.25) is 5.91 Å². The smallest absolute Gasteiger partial charge is 0.338 e. The molecule has 0 saturated carbocycles. The van der Waals surface area contributed by atoms with Crippen molar-refractivity contribution < 1.29 is 23.8 Å². The zero-order chi connectivity index (χ0) is 18.9. The van der Waals surface area contributed by atoms with Gasteiger partial charge in [0.05, 0.1) is 26.4 Å². The molecule has 0 bridgehead atoms. The molecule has 0 spiro atoms. The fourth-order valence-corrected chi connectivity index (χ4v) is 2.25. The number of hydrogen-bond donors (Lipinski definition) is 1. The van der Waals surface area contributed by atoms with Crippen LogP contribution in [0.2, 0.25) is 0 Å². The largest absolute Gasteiger partial charge is 0.493 e. The number of nitrogens with one attached hydrogen (secondary N) is 1. The molecule has 2 rings (SSSR count). The first-order valence-corrected chi connectivity index (χ1v) is 8.05. The number of carbonyl (C=O) groups is 2. The molecule has 26 heavy (non-hydrogen) atoms. The zero-order valence-corrected chi connectivity index (χ0v) is 14.9. The Morgan fingerprint density at radius 3 is 2.50 bits per heavy atom. The summed E-state index contributed by atoms with van der Waals surface area (Å²) < 4.78 is 15.4. The molecule has 136 valence electrons. The van der Waals surface area contributed by atoms with Gasteiger partial charge in [-0.1, -0.05) is 12.1 Å². The molecule has 0 fully saturated rings. The van der Waals surface area contributed by atoms with Crippen molar-refractivity contribution in [2.24, 2.45) is 0 Å². The highest BCUT2D eigenvalue weighted by Crippen LogP contribution is 2.27. The van der Waals surface area contributed by atoms with Crippen LogP contribution in [0.4, 0.5) is 5.69 Å². The number of benzene rings is 2. The lowest BCUT2D eigenvalue weighted by Crippen LogP contribution is -2.09.